The Balaban J connectivity index is 1.68. The molecule has 0 aliphatic carbocycles. The van der Waals surface area contributed by atoms with Crippen LogP contribution in [0, 0.1) is 19.7 Å². The van der Waals surface area contributed by atoms with Crippen LogP contribution in [0.15, 0.2) is 42.0 Å². The van der Waals surface area contributed by atoms with Crippen molar-refractivity contribution in [2.24, 2.45) is 0 Å². The minimum Gasteiger partial charge on any atom is -0.369 e. The number of anilines is 2. The van der Waals surface area contributed by atoms with Crippen molar-refractivity contribution < 1.29 is 14.0 Å². The number of hydrogen-bond acceptors (Lipinski definition) is 4. The standard InChI is InChI=1S/C23H22FN3O2S/c1-14-9-15(2)11-17(10-14)27-22(29)18(21(28)25-23(27)30)12-16-5-6-20(19(24)13-16)26-7-3-4-8-26/h5-6,9-13H,3-4,7-8H2,1-2H3,(H,25,28,30)/b18-12+. The summed E-state index contributed by atoms with van der Waals surface area (Å²) in [6, 6.07) is 10.4. The molecule has 5 nitrogen and oxygen atoms in total. The van der Waals surface area contributed by atoms with E-state index in [-0.39, 0.29) is 16.5 Å². The molecule has 0 bridgehead atoms. The summed E-state index contributed by atoms with van der Waals surface area (Å²) in [6.07, 6.45) is 3.51. The maximum Gasteiger partial charge on any atom is 0.270 e. The fraction of sp³-hybridized carbons (Fsp3) is 0.261. The Bertz CT molecular complexity index is 1070. The van der Waals surface area contributed by atoms with Gasteiger partial charge in [0, 0.05) is 13.1 Å². The predicted molar refractivity (Wildman–Crippen MR) is 120 cm³/mol. The molecule has 0 atom stereocenters. The summed E-state index contributed by atoms with van der Waals surface area (Å²) in [5.41, 5.74) is 3.44. The predicted octanol–water partition coefficient (Wildman–Crippen LogP) is 3.87. The van der Waals surface area contributed by atoms with Crippen LogP contribution < -0.4 is 15.1 Å². The first-order valence-electron chi connectivity index (χ1n) is 9.88. The van der Waals surface area contributed by atoms with Crippen LogP contribution in [-0.2, 0) is 9.59 Å². The number of carbonyl (C=O) groups excluding carboxylic acids is 2. The van der Waals surface area contributed by atoms with Gasteiger partial charge >= 0.3 is 0 Å². The first kappa shape index (κ1) is 20.2. The number of hydrogen-bond donors (Lipinski definition) is 1. The maximum absolute atomic E-state index is 14.7. The summed E-state index contributed by atoms with van der Waals surface area (Å²) in [6.45, 7) is 5.52. The Hall–Kier alpha value is -3.06. The summed E-state index contributed by atoms with van der Waals surface area (Å²) in [7, 11) is 0. The van der Waals surface area contributed by atoms with Crippen molar-refractivity contribution in [3.05, 3.63) is 64.5 Å². The lowest BCUT2D eigenvalue weighted by molar-refractivity contribution is -0.122. The number of amides is 2. The smallest absolute Gasteiger partial charge is 0.270 e. The van der Waals surface area contributed by atoms with Gasteiger partial charge in [-0.3, -0.25) is 19.8 Å². The molecule has 4 rings (SSSR count). The van der Waals surface area contributed by atoms with Crippen LogP contribution in [0.25, 0.3) is 6.08 Å². The zero-order valence-corrected chi connectivity index (χ0v) is 17.7. The molecular weight excluding hydrogens is 401 g/mol. The second kappa shape index (κ2) is 7.99. The summed E-state index contributed by atoms with van der Waals surface area (Å²) >= 11 is 5.25. The molecule has 2 aromatic carbocycles. The minimum atomic E-state index is -0.588. The highest BCUT2D eigenvalue weighted by Gasteiger charge is 2.34. The Morgan fingerprint density at radius 2 is 1.70 bits per heavy atom. The van der Waals surface area contributed by atoms with Gasteiger partial charge in [0.05, 0.1) is 11.4 Å². The lowest BCUT2D eigenvalue weighted by Crippen LogP contribution is -2.54. The number of nitrogens with zero attached hydrogens (tertiary/aromatic N) is 2. The fourth-order valence-electron chi connectivity index (χ4n) is 3.97. The second-order valence-electron chi connectivity index (χ2n) is 7.71. The maximum atomic E-state index is 14.7. The third-order valence-electron chi connectivity index (χ3n) is 5.30. The van der Waals surface area contributed by atoms with E-state index in [2.05, 4.69) is 5.32 Å². The topological polar surface area (TPSA) is 52.7 Å². The zero-order valence-electron chi connectivity index (χ0n) is 16.9. The van der Waals surface area contributed by atoms with E-state index in [1.54, 1.807) is 12.1 Å². The minimum absolute atomic E-state index is 0.0303. The fourth-order valence-corrected chi connectivity index (χ4v) is 4.25. The van der Waals surface area contributed by atoms with E-state index < -0.39 is 11.8 Å². The van der Waals surface area contributed by atoms with E-state index in [0.717, 1.165) is 37.1 Å². The second-order valence-corrected chi connectivity index (χ2v) is 8.10. The van der Waals surface area contributed by atoms with Crippen LogP contribution in [0.1, 0.15) is 29.5 Å². The van der Waals surface area contributed by atoms with Crippen LogP contribution in [0.4, 0.5) is 15.8 Å². The highest BCUT2D eigenvalue weighted by molar-refractivity contribution is 7.80. The van der Waals surface area contributed by atoms with Gasteiger partial charge in [-0.05, 0) is 85.9 Å². The number of carbonyl (C=O) groups is 2. The van der Waals surface area contributed by atoms with Crippen molar-refractivity contribution >= 4 is 46.6 Å². The summed E-state index contributed by atoms with van der Waals surface area (Å²) < 4.78 is 14.7. The van der Waals surface area contributed by atoms with E-state index in [0.29, 0.717) is 16.9 Å². The van der Waals surface area contributed by atoms with Gasteiger partial charge in [-0.25, -0.2) is 4.39 Å². The Morgan fingerprint density at radius 3 is 2.33 bits per heavy atom. The Morgan fingerprint density at radius 1 is 1.03 bits per heavy atom. The number of benzene rings is 2. The molecule has 2 fully saturated rings. The molecule has 0 aromatic heterocycles. The normalized spacial score (nSPS) is 18.4. The molecule has 0 unspecified atom stereocenters. The molecule has 1 N–H and O–H groups in total. The van der Waals surface area contributed by atoms with Gasteiger partial charge in [0.25, 0.3) is 11.8 Å². The van der Waals surface area contributed by atoms with Gasteiger partial charge in [0.2, 0.25) is 0 Å². The van der Waals surface area contributed by atoms with Crippen LogP contribution >= 0.6 is 12.2 Å². The molecule has 0 radical (unpaired) electrons. The molecule has 2 aliphatic heterocycles. The van der Waals surface area contributed by atoms with Crippen molar-refractivity contribution in [3.63, 3.8) is 0 Å². The number of nitrogens with one attached hydrogen (secondary N) is 1. The third-order valence-corrected chi connectivity index (χ3v) is 5.58. The van der Waals surface area contributed by atoms with Gasteiger partial charge < -0.3 is 4.90 Å². The third kappa shape index (κ3) is 3.85. The van der Waals surface area contributed by atoms with Crippen molar-refractivity contribution in [1.82, 2.24) is 5.32 Å². The van der Waals surface area contributed by atoms with E-state index in [1.807, 2.05) is 36.9 Å². The molecule has 0 saturated carbocycles. The van der Waals surface area contributed by atoms with E-state index >= 15 is 0 Å². The molecular formula is C23H22FN3O2S. The molecule has 2 aliphatic rings. The average Bonchev–Trinajstić information content (AvgIpc) is 3.18. The molecule has 7 heteroatoms. The number of thiocarbonyl (C=S) groups is 1. The van der Waals surface area contributed by atoms with Crippen molar-refractivity contribution in [3.8, 4) is 0 Å². The average molecular weight is 424 g/mol. The van der Waals surface area contributed by atoms with Crippen molar-refractivity contribution in [1.29, 1.82) is 0 Å². The SMILES string of the molecule is Cc1cc(C)cc(N2C(=O)/C(=C/c3ccc(N4CCCC4)c(F)c3)C(=O)NC2=S)c1. The van der Waals surface area contributed by atoms with Gasteiger partial charge in [0.1, 0.15) is 11.4 Å². The molecule has 154 valence electrons. The molecule has 30 heavy (non-hydrogen) atoms. The van der Waals surface area contributed by atoms with Gasteiger partial charge in [-0.1, -0.05) is 12.1 Å². The largest absolute Gasteiger partial charge is 0.369 e. The number of aryl methyl sites for hydroxylation is 2. The van der Waals surface area contributed by atoms with E-state index in [4.69, 9.17) is 12.2 Å². The van der Waals surface area contributed by atoms with Crippen molar-refractivity contribution in [2.45, 2.75) is 26.7 Å². The first-order chi connectivity index (χ1) is 14.3. The highest BCUT2D eigenvalue weighted by atomic mass is 32.1. The van der Waals surface area contributed by atoms with Gasteiger partial charge in [0.15, 0.2) is 5.11 Å². The zero-order chi connectivity index (χ0) is 21.4. The van der Waals surface area contributed by atoms with Gasteiger partial charge in [-0.2, -0.15) is 0 Å². The van der Waals surface area contributed by atoms with Crippen LogP contribution in [0.3, 0.4) is 0 Å². The molecule has 2 heterocycles. The Labute approximate surface area is 180 Å². The molecule has 2 aromatic rings. The van der Waals surface area contributed by atoms with E-state index in [9.17, 15) is 14.0 Å². The van der Waals surface area contributed by atoms with Crippen LogP contribution in [0.5, 0.6) is 0 Å². The molecule has 2 saturated heterocycles. The Kier molecular flexibility index (Phi) is 5.39. The highest BCUT2D eigenvalue weighted by Crippen LogP contribution is 2.27. The summed E-state index contributed by atoms with van der Waals surface area (Å²) in [5, 5.41) is 2.60. The van der Waals surface area contributed by atoms with Crippen LogP contribution in [0.2, 0.25) is 0 Å². The van der Waals surface area contributed by atoms with E-state index in [1.165, 1.54) is 17.0 Å². The monoisotopic (exact) mass is 423 g/mol. The van der Waals surface area contributed by atoms with Crippen LogP contribution in [-0.4, -0.2) is 30.0 Å². The first-order valence-corrected chi connectivity index (χ1v) is 10.3. The quantitative estimate of drug-likeness (QED) is 0.463. The lowest BCUT2D eigenvalue weighted by Gasteiger charge is -2.29. The molecule has 0 spiro atoms. The van der Waals surface area contributed by atoms with Gasteiger partial charge in [-0.15, -0.1) is 0 Å². The molecule has 2 amide bonds. The summed E-state index contributed by atoms with van der Waals surface area (Å²) in [4.78, 5) is 28.9. The summed E-state index contributed by atoms with van der Waals surface area (Å²) in [5.74, 6) is -1.48. The number of halogens is 1. The number of rotatable bonds is 3. The van der Waals surface area contributed by atoms with Crippen molar-refractivity contribution in [2.75, 3.05) is 22.9 Å². The lowest BCUT2D eigenvalue weighted by atomic mass is 10.0.